The van der Waals surface area contributed by atoms with E-state index in [9.17, 15) is 4.79 Å². The summed E-state index contributed by atoms with van der Waals surface area (Å²) in [4.78, 5) is 21.6. The van der Waals surface area contributed by atoms with E-state index in [1.165, 1.54) is 16.7 Å². The zero-order valence-corrected chi connectivity index (χ0v) is 18.2. The van der Waals surface area contributed by atoms with Gasteiger partial charge in [0.2, 0.25) is 5.91 Å². The lowest BCUT2D eigenvalue weighted by atomic mass is 9.91. The summed E-state index contributed by atoms with van der Waals surface area (Å²) in [5, 5.41) is 0. The largest absolute Gasteiger partial charge is 0.497 e. The Labute approximate surface area is 184 Å². The normalized spacial score (nSPS) is 17.4. The minimum atomic E-state index is -0.0752. The van der Waals surface area contributed by atoms with Crippen LogP contribution in [0.2, 0.25) is 0 Å². The predicted octanol–water partition coefficient (Wildman–Crippen LogP) is 3.89. The molecule has 2 heterocycles. The molecule has 0 radical (unpaired) electrons. The maximum Gasteiger partial charge on any atom is 0.227 e. The Morgan fingerprint density at radius 3 is 2.48 bits per heavy atom. The number of nitrogens with zero attached hydrogens (tertiary/aromatic N) is 3. The molecule has 0 saturated carbocycles. The van der Waals surface area contributed by atoms with Gasteiger partial charge in [0, 0.05) is 45.6 Å². The number of likely N-dealkylation sites (N-methyl/N-ethyl adjacent to an activating group) is 1. The van der Waals surface area contributed by atoms with Crippen molar-refractivity contribution in [1.29, 1.82) is 0 Å². The maximum absolute atomic E-state index is 13.2. The van der Waals surface area contributed by atoms with Crippen LogP contribution in [0.4, 0.5) is 0 Å². The van der Waals surface area contributed by atoms with Gasteiger partial charge in [-0.2, -0.15) is 0 Å². The zero-order valence-electron chi connectivity index (χ0n) is 18.2. The fourth-order valence-corrected chi connectivity index (χ4v) is 4.26. The molecule has 0 N–H and O–H groups in total. The molecule has 1 atom stereocenters. The first-order chi connectivity index (χ1) is 15.1. The molecule has 160 valence electrons. The van der Waals surface area contributed by atoms with Gasteiger partial charge in [-0.1, -0.05) is 36.4 Å². The third kappa shape index (κ3) is 5.12. The lowest BCUT2D eigenvalue weighted by Crippen LogP contribution is -2.34. The first-order valence-electron chi connectivity index (χ1n) is 10.7. The number of hydrogen-bond donors (Lipinski definition) is 0. The van der Waals surface area contributed by atoms with Crippen LogP contribution in [0.25, 0.3) is 11.1 Å². The Morgan fingerprint density at radius 2 is 1.74 bits per heavy atom. The minimum Gasteiger partial charge on any atom is -0.497 e. The fourth-order valence-electron chi connectivity index (χ4n) is 4.26. The van der Waals surface area contributed by atoms with E-state index in [1.54, 1.807) is 7.11 Å². The van der Waals surface area contributed by atoms with Crippen LogP contribution in [0.5, 0.6) is 5.75 Å². The van der Waals surface area contributed by atoms with E-state index in [0.717, 1.165) is 43.9 Å². The number of rotatable bonds is 6. The number of carbonyl (C=O) groups is 1. The molecule has 1 fully saturated rings. The Morgan fingerprint density at radius 1 is 1.00 bits per heavy atom. The second-order valence-corrected chi connectivity index (χ2v) is 8.14. The first kappa shape index (κ1) is 21.1. The lowest BCUT2D eigenvalue weighted by molar-refractivity contribution is -0.133. The van der Waals surface area contributed by atoms with Crippen molar-refractivity contribution in [3.05, 3.63) is 84.2 Å². The van der Waals surface area contributed by atoms with Gasteiger partial charge in [0.1, 0.15) is 5.75 Å². The van der Waals surface area contributed by atoms with Crippen molar-refractivity contribution in [2.75, 3.05) is 33.8 Å². The number of carbonyl (C=O) groups excluding carboxylic acids is 1. The molecule has 1 saturated heterocycles. The number of hydrogen-bond acceptors (Lipinski definition) is 4. The maximum atomic E-state index is 13.2. The topological polar surface area (TPSA) is 45.7 Å². The summed E-state index contributed by atoms with van der Waals surface area (Å²) in [5.74, 6) is 1.01. The molecule has 0 bridgehead atoms. The van der Waals surface area contributed by atoms with Crippen molar-refractivity contribution in [2.45, 2.75) is 13.0 Å². The molecule has 4 rings (SSSR count). The summed E-state index contributed by atoms with van der Waals surface area (Å²) >= 11 is 0. The molecule has 2 aromatic carbocycles. The number of methoxy groups -OCH3 is 1. The van der Waals surface area contributed by atoms with Gasteiger partial charge >= 0.3 is 0 Å². The van der Waals surface area contributed by atoms with Crippen LogP contribution in [0.1, 0.15) is 11.1 Å². The standard InChI is InChI=1S/C26H29N3O2/c1-28-15-16-29(18-20-7-9-24(31-2)10-8-20)19-23(26(28)30)17-22-5-3-4-6-25(22)21-11-13-27-14-12-21/h3-14,23H,15-19H2,1-2H3. The highest BCUT2D eigenvalue weighted by Gasteiger charge is 2.29. The highest BCUT2D eigenvalue weighted by molar-refractivity contribution is 5.80. The van der Waals surface area contributed by atoms with Gasteiger partial charge in [0.25, 0.3) is 0 Å². The van der Waals surface area contributed by atoms with Gasteiger partial charge in [-0.05, 0) is 52.9 Å². The highest BCUT2D eigenvalue weighted by Crippen LogP contribution is 2.27. The molecule has 0 spiro atoms. The van der Waals surface area contributed by atoms with E-state index in [4.69, 9.17) is 4.74 Å². The van der Waals surface area contributed by atoms with E-state index >= 15 is 0 Å². The van der Waals surface area contributed by atoms with E-state index in [1.807, 2.05) is 48.6 Å². The zero-order chi connectivity index (χ0) is 21.6. The number of amides is 1. The molecule has 1 aromatic heterocycles. The third-order valence-electron chi connectivity index (χ3n) is 6.00. The molecule has 0 aliphatic carbocycles. The van der Waals surface area contributed by atoms with Crippen molar-refractivity contribution in [2.24, 2.45) is 5.92 Å². The molecule has 31 heavy (non-hydrogen) atoms. The first-order valence-corrected chi connectivity index (χ1v) is 10.7. The van der Waals surface area contributed by atoms with E-state index in [0.29, 0.717) is 0 Å². The van der Waals surface area contributed by atoms with Crippen molar-refractivity contribution in [3.63, 3.8) is 0 Å². The molecule has 5 heteroatoms. The molecule has 1 aliphatic rings. The second-order valence-electron chi connectivity index (χ2n) is 8.14. The molecule has 3 aromatic rings. The molecule has 1 amide bonds. The molecular weight excluding hydrogens is 386 g/mol. The SMILES string of the molecule is COc1ccc(CN2CCN(C)C(=O)C(Cc3ccccc3-c3ccncc3)C2)cc1. The van der Waals surface area contributed by atoms with E-state index in [2.05, 4.69) is 46.3 Å². The van der Waals surface area contributed by atoms with Crippen molar-refractivity contribution < 1.29 is 9.53 Å². The summed E-state index contributed by atoms with van der Waals surface area (Å²) in [6.45, 7) is 3.20. The average molecular weight is 416 g/mol. The van der Waals surface area contributed by atoms with E-state index < -0.39 is 0 Å². The fraction of sp³-hybridized carbons (Fsp3) is 0.308. The number of aromatic nitrogens is 1. The molecular formula is C26H29N3O2. The summed E-state index contributed by atoms with van der Waals surface area (Å²) in [6, 6.07) is 20.6. The quantitative estimate of drug-likeness (QED) is 0.613. The van der Waals surface area contributed by atoms with Gasteiger partial charge < -0.3 is 9.64 Å². The van der Waals surface area contributed by atoms with Crippen LogP contribution in [-0.4, -0.2) is 54.5 Å². The molecule has 1 unspecified atom stereocenters. The third-order valence-corrected chi connectivity index (χ3v) is 6.00. The van der Waals surface area contributed by atoms with Gasteiger partial charge in [0.15, 0.2) is 0 Å². The molecule has 1 aliphatic heterocycles. The predicted molar refractivity (Wildman–Crippen MR) is 123 cm³/mol. The summed E-state index contributed by atoms with van der Waals surface area (Å²) in [5.41, 5.74) is 4.74. The number of ether oxygens (including phenoxy) is 1. The van der Waals surface area contributed by atoms with Crippen LogP contribution in [-0.2, 0) is 17.8 Å². The van der Waals surface area contributed by atoms with Crippen LogP contribution < -0.4 is 4.74 Å². The number of benzene rings is 2. The monoisotopic (exact) mass is 415 g/mol. The van der Waals surface area contributed by atoms with Gasteiger partial charge in [0.05, 0.1) is 13.0 Å². The van der Waals surface area contributed by atoms with E-state index in [-0.39, 0.29) is 11.8 Å². The van der Waals surface area contributed by atoms with Crippen LogP contribution in [0.3, 0.4) is 0 Å². The Bertz CT molecular complexity index is 1000. The van der Waals surface area contributed by atoms with Crippen molar-refractivity contribution in [3.8, 4) is 16.9 Å². The van der Waals surface area contributed by atoms with Gasteiger partial charge in [-0.15, -0.1) is 0 Å². The summed E-state index contributed by atoms with van der Waals surface area (Å²) in [6.07, 6.45) is 4.35. The van der Waals surface area contributed by atoms with Crippen LogP contribution in [0.15, 0.2) is 73.1 Å². The second kappa shape index (κ2) is 9.75. The van der Waals surface area contributed by atoms with Gasteiger partial charge in [-0.3, -0.25) is 14.7 Å². The van der Waals surface area contributed by atoms with Crippen LogP contribution in [0, 0.1) is 5.92 Å². The summed E-state index contributed by atoms with van der Waals surface area (Å²) in [7, 11) is 3.60. The average Bonchev–Trinajstić information content (AvgIpc) is 2.94. The lowest BCUT2D eigenvalue weighted by Gasteiger charge is -2.24. The molecule has 5 nitrogen and oxygen atoms in total. The van der Waals surface area contributed by atoms with Crippen molar-refractivity contribution >= 4 is 5.91 Å². The number of pyridine rings is 1. The minimum absolute atomic E-state index is 0.0752. The highest BCUT2D eigenvalue weighted by atomic mass is 16.5. The Hall–Kier alpha value is -3.18. The van der Waals surface area contributed by atoms with Gasteiger partial charge in [-0.25, -0.2) is 0 Å². The summed E-state index contributed by atoms with van der Waals surface area (Å²) < 4.78 is 5.27. The Balaban J connectivity index is 1.54. The van der Waals surface area contributed by atoms with Crippen LogP contribution >= 0.6 is 0 Å². The smallest absolute Gasteiger partial charge is 0.227 e. The Kier molecular flexibility index (Phi) is 6.63. The van der Waals surface area contributed by atoms with Crippen molar-refractivity contribution in [1.82, 2.24) is 14.8 Å².